The van der Waals surface area contributed by atoms with Crippen LogP contribution in [0.2, 0.25) is 5.02 Å². The molecular weight excluding hydrogens is 306 g/mol. The Labute approximate surface area is 136 Å². The minimum Gasteiger partial charge on any atom is -0.463 e. The summed E-state index contributed by atoms with van der Waals surface area (Å²) in [5.41, 5.74) is 1.80. The van der Waals surface area contributed by atoms with E-state index in [0.717, 1.165) is 11.1 Å². The number of esters is 1. The van der Waals surface area contributed by atoms with Crippen LogP contribution < -0.4 is 5.32 Å². The Morgan fingerprint density at radius 2 is 2.09 bits per heavy atom. The van der Waals surface area contributed by atoms with E-state index in [4.69, 9.17) is 25.8 Å². The summed E-state index contributed by atoms with van der Waals surface area (Å²) in [4.78, 5) is 11.3. The van der Waals surface area contributed by atoms with Crippen LogP contribution in [0.25, 0.3) is 6.08 Å². The molecule has 0 bridgehead atoms. The van der Waals surface area contributed by atoms with E-state index in [-0.39, 0.29) is 12.3 Å². The second-order valence-electron chi connectivity index (χ2n) is 4.47. The van der Waals surface area contributed by atoms with Crippen molar-refractivity contribution in [3.63, 3.8) is 0 Å². The monoisotopic (exact) mass is 327 g/mol. The van der Waals surface area contributed by atoms with Gasteiger partial charge in [0, 0.05) is 38.4 Å². The third-order valence-electron chi connectivity index (χ3n) is 2.93. The second-order valence-corrected chi connectivity index (χ2v) is 4.88. The fraction of sp³-hybridized carbons (Fsp3) is 0.438. The number of halogens is 1. The maximum absolute atomic E-state index is 11.3. The van der Waals surface area contributed by atoms with Crippen molar-refractivity contribution in [2.24, 2.45) is 0 Å². The lowest BCUT2D eigenvalue weighted by Crippen LogP contribution is -2.29. The van der Waals surface area contributed by atoms with Crippen LogP contribution in [0.5, 0.6) is 0 Å². The van der Waals surface area contributed by atoms with Gasteiger partial charge in [0.1, 0.15) is 0 Å². The molecule has 0 aliphatic carbocycles. The summed E-state index contributed by atoms with van der Waals surface area (Å²) in [5, 5.41) is 3.83. The van der Waals surface area contributed by atoms with Gasteiger partial charge < -0.3 is 19.5 Å². The Bertz CT molecular complexity index is 501. The smallest absolute Gasteiger partial charge is 0.330 e. The quantitative estimate of drug-likeness (QED) is 0.429. The van der Waals surface area contributed by atoms with E-state index in [9.17, 15) is 4.79 Å². The minimum atomic E-state index is -0.366. The number of hydrogen-bond acceptors (Lipinski definition) is 5. The molecule has 1 aromatic rings. The standard InChI is InChI=1S/C16H22ClNO4/c1-4-22-15(19)8-6-12-5-7-13(14(17)9-12)10-18-11-16(20-2)21-3/h5-9,16,18H,4,10-11H2,1-3H3. The lowest BCUT2D eigenvalue weighted by molar-refractivity contribution is -0.137. The van der Waals surface area contributed by atoms with Crippen LogP contribution in [-0.4, -0.2) is 39.6 Å². The highest BCUT2D eigenvalue weighted by molar-refractivity contribution is 6.31. The van der Waals surface area contributed by atoms with Crippen LogP contribution in [0, 0.1) is 0 Å². The van der Waals surface area contributed by atoms with Crippen molar-refractivity contribution in [3.05, 3.63) is 40.4 Å². The second kappa shape index (κ2) is 10.3. The molecule has 0 aliphatic heterocycles. The Balaban J connectivity index is 2.56. The molecule has 0 spiro atoms. The zero-order valence-corrected chi connectivity index (χ0v) is 13.9. The molecule has 0 saturated heterocycles. The highest BCUT2D eigenvalue weighted by Crippen LogP contribution is 2.18. The molecule has 1 N–H and O–H groups in total. The molecular formula is C16H22ClNO4. The third kappa shape index (κ3) is 6.58. The molecule has 0 amide bonds. The van der Waals surface area contributed by atoms with Gasteiger partial charge in [-0.3, -0.25) is 0 Å². The van der Waals surface area contributed by atoms with Crippen molar-refractivity contribution in [3.8, 4) is 0 Å². The predicted molar refractivity (Wildman–Crippen MR) is 86.6 cm³/mol. The molecule has 122 valence electrons. The molecule has 0 atom stereocenters. The summed E-state index contributed by atoms with van der Waals surface area (Å²) in [6.45, 7) is 3.29. The average Bonchev–Trinajstić information content (AvgIpc) is 2.51. The SMILES string of the molecule is CCOC(=O)C=Cc1ccc(CNCC(OC)OC)c(Cl)c1. The normalized spacial score (nSPS) is 11.3. The van der Waals surface area contributed by atoms with Gasteiger partial charge in [0.05, 0.1) is 6.61 Å². The van der Waals surface area contributed by atoms with Crippen LogP contribution in [0.1, 0.15) is 18.1 Å². The maximum Gasteiger partial charge on any atom is 0.330 e. The molecule has 6 heteroatoms. The van der Waals surface area contributed by atoms with Crippen LogP contribution in [-0.2, 0) is 25.5 Å². The van der Waals surface area contributed by atoms with Gasteiger partial charge in [0.2, 0.25) is 0 Å². The molecule has 0 saturated carbocycles. The molecule has 0 aromatic heterocycles. The molecule has 0 unspecified atom stereocenters. The Morgan fingerprint density at radius 1 is 1.36 bits per heavy atom. The number of ether oxygens (including phenoxy) is 3. The number of rotatable bonds is 9. The summed E-state index contributed by atoms with van der Waals surface area (Å²) >= 11 is 6.24. The van der Waals surface area contributed by atoms with Gasteiger partial charge in [0.25, 0.3) is 0 Å². The Morgan fingerprint density at radius 3 is 2.68 bits per heavy atom. The zero-order chi connectivity index (χ0) is 16.4. The molecule has 0 fully saturated rings. The molecule has 0 heterocycles. The van der Waals surface area contributed by atoms with E-state index in [1.807, 2.05) is 12.1 Å². The van der Waals surface area contributed by atoms with Crippen molar-refractivity contribution in [1.29, 1.82) is 0 Å². The molecule has 5 nitrogen and oxygen atoms in total. The van der Waals surface area contributed by atoms with Gasteiger partial charge in [0.15, 0.2) is 6.29 Å². The van der Waals surface area contributed by atoms with Gasteiger partial charge in [-0.2, -0.15) is 0 Å². The average molecular weight is 328 g/mol. The molecule has 0 radical (unpaired) electrons. The highest BCUT2D eigenvalue weighted by atomic mass is 35.5. The number of methoxy groups -OCH3 is 2. The first kappa shape index (κ1) is 18.6. The Kier molecular flexibility index (Phi) is 8.77. The van der Waals surface area contributed by atoms with Crippen molar-refractivity contribution < 1.29 is 19.0 Å². The van der Waals surface area contributed by atoms with Crippen molar-refractivity contribution >= 4 is 23.6 Å². The summed E-state index contributed by atoms with van der Waals surface area (Å²) in [5.74, 6) is -0.366. The van der Waals surface area contributed by atoms with Crippen LogP contribution in [0.3, 0.4) is 0 Å². The number of carbonyl (C=O) groups excluding carboxylic acids is 1. The summed E-state index contributed by atoms with van der Waals surface area (Å²) in [6, 6.07) is 5.61. The van der Waals surface area contributed by atoms with E-state index in [2.05, 4.69) is 5.32 Å². The summed E-state index contributed by atoms with van der Waals surface area (Å²) in [6.07, 6.45) is 2.77. The van der Waals surface area contributed by atoms with E-state index in [0.29, 0.717) is 24.7 Å². The molecule has 1 rings (SSSR count). The largest absolute Gasteiger partial charge is 0.463 e. The van der Waals surface area contributed by atoms with Crippen LogP contribution in [0.15, 0.2) is 24.3 Å². The van der Waals surface area contributed by atoms with Gasteiger partial charge in [-0.15, -0.1) is 0 Å². The topological polar surface area (TPSA) is 56.8 Å². The zero-order valence-electron chi connectivity index (χ0n) is 13.1. The van der Waals surface area contributed by atoms with E-state index < -0.39 is 0 Å². The summed E-state index contributed by atoms with van der Waals surface area (Å²) < 4.78 is 15.0. The summed E-state index contributed by atoms with van der Waals surface area (Å²) in [7, 11) is 3.18. The number of carbonyl (C=O) groups is 1. The third-order valence-corrected chi connectivity index (χ3v) is 3.28. The van der Waals surface area contributed by atoms with Gasteiger partial charge in [-0.1, -0.05) is 23.7 Å². The number of hydrogen-bond donors (Lipinski definition) is 1. The maximum atomic E-state index is 11.3. The molecule has 1 aromatic carbocycles. The first-order valence-electron chi connectivity index (χ1n) is 7.00. The first-order valence-corrected chi connectivity index (χ1v) is 7.38. The van der Waals surface area contributed by atoms with Crippen LogP contribution in [0.4, 0.5) is 0 Å². The number of nitrogens with one attached hydrogen (secondary N) is 1. The fourth-order valence-corrected chi connectivity index (χ4v) is 2.01. The van der Waals surface area contributed by atoms with Crippen LogP contribution >= 0.6 is 11.6 Å². The lowest BCUT2D eigenvalue weighted by Gasteiger charge is -2.14. The number of benzene rings is 1. The molecule has 22 heavy (non-hydrogen) atoms. The minimum absolute atomic E-state index is 0.287. The van der Waals surface area contributed by atoms with Gasteiger partial charge in [-0.25, -0.2) is 4.79 Å². The van der Waals surface area contributed by atoms with Gasteiger partial charge >= 0.3 is 5.97 Å². The van der Waals surface area contributed by atoms with E-state index >= 15 is 0 Å². The first-order chi connectivity index (χ1) is 10.6. The van der Waals surface area contributed by atoms with Crippen molar-refractivity contribution in [2.75, 3.05) is 27.4 Å². The van der Waals surface area contributed by atoms with E-state index in [1.54, 1.807) is 33.3 Å². The van der Waals surface area contributed by atoms with Crippen molar-refractivity contribution in [2.45, 2.75) is 19.8 Å². The predicted octanol–water partition coefficient (Wildman–Crippen LogP) is 2.62. The van der Waals surface area contributed by atoms with Crippen molar-refractivity contribution in [1.82, 2.24) is 5.32 Å². The van der Waals surface area contributed by atoms with Gasteiger partial charge in [-0.05, 0) is 30.2 Å². The van der Waals surface area contributed by atoms with E-state index in [1.165, 1.54) is 6.08 Å². The Hall–Kier alpha value is -1.40. The highest BCUT2D eigenvalue weighted by Gasteiger charge is 2.06. The fourth-order valence-electron chi connectivity index (χ4n) is 1.75. The molecule has 0 aliphatic rings. The lowest BCUT2D eigenvalue weighted by atomic mass is 10.1.